The van der Waals surface area contributed by atoms with Crippen LogP contribution in [0.5, 0.6) is 11.5 Å². The minimum absolute atomic E-state index is 0.172. The van der Waals surface area contributed by atoms with E-state index in [-0.39, 0.29) is 12.2 Å². The molecular formula is C24H38N2O4. The van der Waals surface area contributed by atoms with Gasteiger partial charge < -0.3 is 24.2 Å². The average molecular weight is 419 g/mol. The maximum atomic E-state index is 9.90. The molecule has 6 heteroatoms. The molecular weight excluding hydrogens is 380 g/mol. The summed E-state index contributed by atoms with van der Waals surface area (Å²) in [7, 11) is 5.63. The molecule has 2 aliphatic rings. The Morgan fingerprint density at radius 2 is 2.00 bits per heavy atom. The fourth-order valence-electron chi connectivity index (χ4n) is 4.58. The van der Waals surface area contributed by atoms with E-state index >= 15 is 0 Å². The Labute approximate surface area is 181 Å². The van der Waals surface area contributed by atoms with Crippen molar-refractivity contribution in [1.29, 1.82) is 0 Å². The number of likely N-dealkylation sites (N-methyl/N-ethyl adjacent to an activating group) is 1. The lowest BCUT2D eigenvalue weighted by Gasteiger charge is -2.37. The highest BCUT2D eigenvalue weighted by molar-refractivity contribution is 5.43. The summed E-state index contributed by atoms with van der Waals surface area (Å²) in [6.45, 7) is 7.11. The number of hydrogen-bond acceptors (Lipinski definition) is 6. The van der Waals surface area contributed by atoms with Gasteiger partial charge in [0.05, 0.1) is 32.5 Å². The highest BCUT2D eigenvalue weighted by Gasteiger charge is 2.34. The normalized spacial score (nSPS) is 24.9. The molecule has 1 aliphatic heterocycles. The standard InChI is InChI=1S/C24H38N2O4/c1-18(16-25(2)3)30-23-10-9-19(15-24(23)28-4)12-14-29-22-8-6-5-7-21(22)26-13-11-20(27)17-26/h9-10,15,20-22,27H,1,5-8,11-14,16-17H2,2-4H3/t20-,21-,22-/m1/s1. The first-order valence-electron chi connectivity index (χ1n) is 11.2. The lowest BCUT2D eigenvalue weighted by molar-refractivity contribution is -0.0316. The van der Waals surface area contributed by atoms with Gasteiger partial charge >= 0.3 is 0 Å². The molecule has 1 heterocycles. The predicted octanol–water partition coefficient (Wildman–Crippen LogP) is 3.09. The monoisotopic (exact) mass is 418 g/mol. The van der Waals surface area contributed by atoms with Crippen LogP contribution < -0.4 is 9.47 Å². The van der Waals surface area contributed by atoms with Crippen LogP contribution in [-0.4, -0.2) is 80.6 Å². The fourth-order valence-corrected chi connectivity index (χ4v) is 4.58. The van der Waals surface area contributed by atoms with Gasteiger partial charge in [-0.3, -0.25) is 4.90 Å². The lowest BCUT2D eigenvalue weighted by atomic mass is 9.91. The zero-order valence-electron chi connectivity index (χ0n) is 18.8. The second kappa shape index (κ2) is 11.1. The van der Waals surface area contributed by atoms with E-state index < -0.39 is 0 Å². The summed E-state index contributed by atoms with van der Waals surface area (Å²) < 4.78 is 17.7. The van der Waals surface area contributed by atoms with Gasteiger partial charge in [-0.15, -0.1) is 0 Å². The summed E-state index contributed by atoms with van der Waals surface area (Å²) in [5.74, 6) is 2.09. The molecule has 0 radical (unpaired) electrons. The molecule has 3 atom stereocenters. The van der Waals surface area contributed by atoms with Crippen LogP contribution in [-0.2, 0) is 11.2 Å². The van der Waals surface area contributed by atoms with Crippen LogP contribution in [0.3, 0.4) is 0 Å². The summed E-state index contributed by atoms with van der Waals surface area (Å²) in [4.78, 5) is 4.45. The van der Waals surface area contributed by atoms with Gasteiger partial charge in [0.25, 0.3) is 0 Å². The number of β-amino-alcohol motifs (C(OH)–C–C–N with tert-alkyl or cyclic N) is 1. The Hall–Kier alpha value is -1.60. The van der Waals surface area contributed by atoms with E-state index in [1.807, 2.05) is 31.1 Å². The fraction of sp³-hybridized carbons (Fsp3) is 0.667. The molecule has 0 amide bonds. The molecule has 2 fully saturated rings. The first-order chi connectivity index (χ1) is 14.5. The molecule has 1 aromatic carbocycles. The van der Waals surface area contributed by atoms with E-state index in [1.54, 1.807) is 7.11 Å². The smallest absolute Gasteiger partial charge is 0.168 e. The van der Waals surface area contributed by atoms with Gasteiger partial charge in [0.1, 0.15) is 5.76 Å². The average Bonchev–Trinajstić information content (AvgIpc) is 3.15. The first-order valence-corrected chi connectivity index (χ1v) is 11.2. The molecule has 0 bridgehead atoms. The van der Waals surface area contributed by atoms with Gasteiger partial charge in [0.15, 0.2) is 11.5 Å². The van der Waals surface area contributed by atoms with Gasteiger partial charge in [-0.1, -0.05) is 25.5 Å². The third kappa shape index (κ3) is 6.45. The molecule has 168 valence electrons. The van der Waals surface area contributed by atoms with Crippen LogP contribution in [0.2, 0.25) is 0 Å². The number of ether oxygens (including phenoxy) is 3. The van der Waals surface area contributed by atoms with Crippen LogP contribution in [0.25, 0.3) is 0 Å². The van der Waals surface area contributed by atoms with Gasteiger partial charge in [-0.2, -0.15) is 0 Å². The Morgan fingerprint density at radius 3 is 2.70 bits per heavy atom. The maximum Gasteiger partial charge on any atom is 0.168 e. The molecule has 3 rings (SSSR count). The largest absolute Gasteiger partial charge is 0.493 e. The number of aliphatic hydroxyl groups excluding tert-OH is 1. The summed E-state index contributed by atoms with van der Waals surface area (Å²) >= 11 is 0. The van der Waals surface area contributed by atoms with Crippen LogP contribution in [0.4, 0.5) is 0 Å². The summed E-state index contributed by atoms with van der Waals surface area (Å²) in [5.41, 5.74) is 1.17. The van der Waals surface area contributed by atoms with E-state index in [9.17, 15) is 5.11 Å². The maximum absolute atomic E-state index is 9.90. The minimum Gasteiger partial charge on any atom is -0.493 e. The zero-order valence-corrected chi connectivity index (χ0v) is 18.8. The number of nitrogens with zero attached hydrogens (tertiary/aromatic N) is 2. The van der Waals surface area contributed by atoms with E-state index in [2.05, 4.69) is 17.5 Å². The first kappa shape index (κ1) is 23.1. The van der Waals surface area contributed by atoms with E-state index in [0.717, 1.165) is 32.4 Å². The number of likely N-dealkylation sites (tertiary alicyclic amines) is 1. The third-order valence-corrected chi connectivity index (χ3v) is 6.03. The highest BCUT2D eigenvalue weighted by Crippen LogP contribution is 2.31. The van der Waals surface area contributed by atoms with E-state index in [0.29, 0.717) is 36.5 Å². The van der Waals surface area contributed by atoms with Crippen molar-refractivity contribution in [3.8, 4) is 11.5 Å². The molecule has 0 unspecified atom stereocenters. The quantitative estimate of drug-likeness (QED) is 0.590. The number of methoxy groups -OCH3 is 1. The van der Waals surface area contributed by atoms with Crippen molar-refractivity contribution in [1.82, 2.24) is 9.80 Å². The molecule has 6 nitrogen and oxygen atoms in total. The van der Waals surface area contributed by atoms with Gasteiger partial charge in [0.2, 0.25) is 0 Å². The van der Waals surface area contributed by atoms with Crippen LogP contribution in [0.1, 0.15) is 37.7 Å². The summed E-state index contributed by atoms with van der Waals surface area (Å²) in [6.07, 6.45) is 6.59. The van der Waals surface area contributed by atoms with Crippen molar-refractivity contribution in [2.24, 2.45) is 0 Å². The number of hydrogen-bond donors (Lipinski definition) is 1. The Bertz CT molecular complexity index is 694. The summed E-state index contributed by atoms with van der Waals surface area (Å²) in [5, 5.41) is 9.90. The predicted molar refractivity (Wildman–Crippen MR) is 119 cm³/mol. The molecule has 1 aliphatic carbocycles. The number of benzene rings is 1. The van der Waals surface area contributed by atoms with Gasteiger partial charge in [-0.05, 0) is 57.5 Å². The zero-order chi connectivity index (χ0) is 21.5. The van der Waals surface area contributed by atoms with E-state index in [1.165, 1.54) is 24.8 Å². The summed E-state index contributed by atoms with van der Waals surface area (Å²) in [6, 6.07) is 6.49. The third-order valence-electron chi connectivity index (χ3n) is 6.03. The van der Waals surface area contributed by atoms with Crippen LogP contribution in [0.15, 0.2) is 30.5 Å². The Kier molecular flexibility index (Phi) is 8.57. The van der Waals surface area contributed by atoms with Crippen molar-refractivity contribution < 1.29 is 19.3 Å². The molecule has 1 saturated carbocycles. The molecule has 30 heavy (non-hydrogen) atoms. The molecule has 0 aromatic heterocycles. The van der Waals surface area contributed by atoms with Crippen LogP contribution in [0, 0.1) is 0 Å². The molecule has 1 aromatic rings. The van der Waals surface area contributed by atoms with Crippen molar-refractivity contribution in [3.05, 3.63) is 36.1 Å². The Morgan fingerprint density at radius 1 is 1.20 bits per heavy atom. The minimum atomic E-state index is -0.172. The second-order valence-electron chi connectivity index (χ2n) is 8.81. The molecule has 0 spiro atoms. The Balaban J connectivity index is 1.52. The van der Waals surface area contributed by atoms with Crippen molar-refractivity contribution in [2.45, 2.75) is 56.8 Å². The van der Waals surface area contributed by atoms with E-state index in [4.69, 9.17) is 14.2 Å². The van der Waals surface area contributed by atoms with Gasteiger partial charge in [0, 0.05) is 19.1 Å². The lowest BCUT2D eigenvalue weighted by Crippen LogP contribution is -2.46. The van der Waals surface area contributed by atoms with Gasteiger partial charge in [-0.25, -0.2) is 0 Å². The van der Waals surface area contributed by atoms with Crippen molar-refractivity contribution in [3.63, 3.8) is 0 Å². The highest BCUT2D eigenvalue weighted by atomic mass is 16.5. The van der Waals surface area contributed by atoms with Crippen LogP contribution >= 0.6 is 0 Å². The SMILES string of the molecule is C=C(CN(C)C)Oc1ccc(CCO[C@@H]2CCCC[C@H]2N2CC[C@@H](O)C2)cc1OC. The second-order valence-corrected chi connectivity index (χ2v) is 8.81. The molecule has 1 saturated heterocycles. The topological polar surface area (TPSA) is 54.4 Å². The number of aliphatic hydroxyl groups is 1. The number of rotatable bonds is 10. The molecule has 1 N–H and O–H groups in total. The van der Waals surface area contributed by atoms with Crippen molar-refractivity contribution >= 4 is 0 Å². The van der Waals surface area contributed by atoms with Crippen molar-refractivity contribution in [2.75, 3.05) is 47.4 Å².